The molecule has 0 heterocycles. The maximum atomic E-state index is 5.69. The number of hydrogen-bond acceptors (Lipinski definition) is 3. The molecule has 2 nitrogen and oxygen atoms in total. The van der Waals surface area contributed by atoms with Crippen LogP contribution in [0.2, 0.25) is 0 Å². The molecule has 0 amide bonds. The van der Waals surface area contributed by atoms with E-state index < -0.39 is 0 Å². The highest BCUT2D eigenvalue weighted by atomic mass is 32.1. The molecule has 0 aromatic carbocycles. The molecule has 2 fully saturated rings. The molecule has 3 heteroatoms. The summed E-state index contributed by atoms with van der Waals surface area (Å²) >= 11 is 4.59. The molecule has 0 spiro atoms. The van der Waals surface area contributed by atoms with E-state index in [1.807, 2.05) is 0 Å². The molecule has 0 aromatic rings. The SMILES string of the molecule is NC(N)C1CC2CCC1C2S. The number of rotatable bonds is 1. The molecule has 4 unspecified atom stereocenters. The van der Waals surface area contributed by atoms with Crippen LogP contribution in [0.3, 0.4) is 0 Å². The second kappa shape index (κ2) is 2.64. The van der Waals surface area contributed by atoms with E-state index in [2.05, 4.69) is 12.6 Å². The van der Waals surface area contributed by atoms with Gasteiger partial charge in [-0.1, -0.05) is 0 Å². The summed E-state index contributed by atoms with van der Waals surface area (Å²) in [6.07, 6.45) is 3.76. The molecular formula is C8H16N2S. The predicted molar refractivity (Wildman–Crippen MR) is 49.3 cm³/mol. The van der Waals surface area contributed by atoms with E-state index in [9.17, 15) is 0 Å². The fourth-order valence-electron chi connectivity index (χ4n) is 2.79. The van der Waals surface area contributed by atoms with Crippen LogP contribution in [0.4, 0.5) is 0 Å². The fraction of sp³-hybridized carbons (Fsp3) is 1.00. The van der Waals surface area contributed by atoms with Crippen LogP contribution < -0.4 is 11.5 Å². The highest BCUT2D eigenvalue weighted by molar-refractivity contribution is 7.81. The molecule has 2 rings (SSSR count). The van der Waals surface area contributed by atoms with Gasteiger partial charge in [0.2, 0.25) is 0 Å². The number of nitrogens with two attached hydrogens (primary N) is 2. The monoisotopic (exact) mass is 172 g/mol. The summed E-state index contributed by atoms with van der Waals surface area (Å²) in [4.78, 5) is 0. The second-order valence-corrected chi connectivity index (χ2v) is 4.57. The third kappa shape index (κ3) is 1.10. The van der Waals surface area contributed by atoms with Gasteiger partial charge >= 0.3 is 0 Å². The minimum absolute atomic E-state index is 0.111. The number of hydrogen-bond donors (Lipinski definition) is 3. The Bertz CT molecular complexity index is 160. The topological polar surface area (TPSA) is 52.0 Å². The van der Waals surface area contributed by atoms with Gasteiger partial charge in [-0.15, -0.1) is 0 Å². The predicted octanol–water partition coefficient (Wildman–Crippen LogP) is 0.574. The first kappa shape index (κ1) is 7.90. The molecule has 2 bridgehead atoms. The largest absolute Gasteiger partial charge is 0.316 e. The Morgan fingerprint density at radius 2 is 2.00 bits per heavy atom. The van der Waals surface area contributed by atoms with E-state index in [0.29, 0.717) is 17.1 Å². The molecule has 2 aliphatic rings. The van der Waals surface area contributed by atoms with Crippen LogP contribution in [0.25, 0.3) is 0 Å². The first-order valence-electron chi connectivity index (χ1n) is 4.39. The van der Waals surface area contributed by atoms with Crippen molar-refractivity contribution in [2.45, 2.75) is 30.7 Å². The third-order valence-electron chi connectivity index (χ3n) is 3.41. The summed E-state index contributed by atoms with van der Waals surface area (Å²) in [6.45, 7) is 0. The summed E-state index contributed by atoms with van der Waals surface area (Å²) in [7, 11) is 0. The van der Waals surface area contributed by atoms with Crippen LogP contribution in [0, 0.1) is 17.8 Å². The Morgan fingerprint density at radius 3 is 2.27 bits per heavy atom. The average molecular weight is 172 g/mol. The summed E-state index contributed by atoms with van der Waals surface area (Å²) < 4.78 is 0. The lowest BCUT2D eigenvalue weighted by Crippen LogP contribution is -2.41. The maximum absolute atomic E-state index is 5.69. The van der Waals surface area contributed by atoms with Crippen LogP contribution in [0.5, 0.6) is 0 Å². The number of thiol groups is 1. The van der Waals surface area contributed by atoms with Gasteiger partial charge in [0, 0.05) is 5.25 Å². The zero-order chi connectivity index (χ0) is 8.01. The molecule has 2 saturated carbocycles. The molecule has 11 heavy (non-hydrogen) atoms. The Balaban J connectivity index is 2.09. The van der Waals surface area contributed by atoms with Crippen LogP contribution in [0.1, 0.15) is 19.3 Å². The van der Waals surface area contributed by atoms with Crippen LogP contribution in [-0.4, -0.2) is 11.4 Å². The highest BCUT2D eigenvalue weighted by Crippen LogP contribution is 2.51. The van der Waals surface area contributed by atoms with Crippen molar-refractivity contribution in [2.24, 2.45) is 29.2 Å². The first-order chi connectivity index (χ1) is 5.20. The van der Waals surface area contributed by atoms with E-state index in [-0.39, 0.29) is 6.17 Å². The van der Waals surface area contributed by atoms with Crippen molar-refractivity contribution < 1.29 is 0 Å². The standard InChI is InChI=1S/C8H16N2S/c9-8(10)6-3-4-1-2-5(6)7(4)11/h4-8,11H,1-3,9-10H2. The van der Waals surface area contributed by atoms with Crippen LogP contribution >= 0.6 is 12.6 Å². The Hall–Kier alpha value is 0.270. The summed E-state index contributed by atoms with van der Waals surface area (Å²) in [5.74, 6) is 2.07. The van der Waals surface area contributed by atoms with E-state index in [1.165, 1.54) is 19.3 Å². The average Bonchev–Trinajstić information content (AvgIpc) is 2.46. The molecule has 4 atom stereocenters. The molecule has 0 radical (unpaired) electrons. The van der Waals surface area contributed by atoms with Gasteiger partial charge in [-0.2, -0.15) is 12.6 Å². The lowest BCUT2D eigenvalue weighted by molar-refractivity contribution is 0.286. The van der Waals surface area contributed by atoms with Crippen molar-refractivity contribution in [3.8, 4) is 0 Å². The van der Waals surface area contributed by atoms with E-state index in [4.69, 9.17) is 11.5 Å². The van der Waals surface area contributed by atoms with Gasteiger partial charge in [0.25, 0.3) is 0 Å². The molecule has 4 N–H and O–H groups in total. The zero-order valence-electron chi connectivity index (χ0n) is 6.61. The normalized spacial score (nSPS) is 49.1. The summed E-state index contributed by atoms with van der Waals surface area (Å²) in [5, 5.41) is 0.592. The van der Waals surface area contributed by atoms with Gasteiger partial charge in [-0.05, 0) is 37.0 Å². The van der Waals surface area contributed by atoms with Crippen molar-refractivity contribution in [3.05, 3.63) is 0 Å². The van der Waals surface area contributed by atoms with Gasteiger partial charge in [-0.25, -0.2) is 0 Å². The Kier molecular flexibility index (Phi) is 1.90. The van der Waals surface area contributed by atoms with Crippen LogP contribution in [-0.2, 0) is 0 Å². The van der Waals surface area contributed by atoms with Crippen molar-refractivity contribution in [2.75, 3.05) is 0 Å². The molecule has 2 aliphatic carbocycles. The van der Waals surface area contributed by atoms with Gasteiger partial charge in [-0.3, -0.25) is 0 Å². The van der Waals surface area contributed by atoms with E-state index in [1.54, 1.807) is 0 Å². The highest BCUT2D eigenvalue weighted by Gasteiger charge is 2.47. The first-order valence-corrected chi connectivity index (χ1v) is 4.91. The molecule has 0 aromatic heterocycles. The fourth-order valence-corrected chi connectivity index (χ4v) is 3.43. The number of fused-ring (bicyclic) bond motifs is 2. The van der Waals surface area contributed by atoms with Crippen LogP contribution in [0.15, 0.2) is 0 Å². The third-order valence-corrected chi connectivity index (χ3v) is 4.22. The Morgan fingerprint density at radius 1 is 1.27 bits per heavy atom. The quantitative estimate of drug-likeness (QED) is 0.400. The van der Waals surface area contributed by atoms with E-state index >= 15 is 0 Å². The summed E-state index contributed by atoms with van der Waals surface area (Å²) in [5.41, 5.74) is 11.4. The second-order valence-electron chi connectivity index (χ2n) is 3.97. The van der Waals surface area contributed by atoms with E-state index in [0.717, 1.165) is 5.92 Å². The van der Waals surface area contributed by atoms with Gasteiger partial charge in [0.15, 0.2) is 0 Å². The smallest absolute Gasteiger partial charge is 0.0553 e. The lowest BCUT2D eigenvalue weighted by atomic mass is 9.87. The maximum Gasteiger partial charge on any atom is 0.0553 e. The van der Waals surface area contributed by atoms with Crippen molar-refractivity contribution in [1.29, 1.82) is 0 Å². The van der Waals surface area contributed by atoms with Crippen molar-refractivity contribution >= 4 is 12.6 Å². The van der Waals surface area contributed by atoms with Gasteiger partial charge in [0.1, 0.15) is 0 Å². The Labute approximate surface area is 73.1 Å². The molecule has 0 saturated heterocycles. The summed E-state index contributed by atoms with van der Waals surface area (Å²) in [6, 6.07) is 0. The zero-order valence-corrected chi connectivity index (χ0v) is 7.50. The lowest BCUT2D eigenvalue weighted by Gasteiger charge is -2.24. The molecular weight excluding hydrogens is 156 g/mol. The van der Waals surface area contributed by atoms with Gasteiger partial charge in [0.05, 0.1) is 6.17 Å². The molecule has 64 valence electrons. The van der Waals surface area contributed by atoms with Crippen molar-refractivity contribution in [3.63, 3.8) is 0 Å². The minimum atomic E-state index is -0.111. The van der Waals surface area contributed by atoms with Gasteiger partial charge < -0.3 is 11.5 Å². The van der Waals surface area contributed by atoms with Crippen molar-refractivity contribution in [1.82, 2.24) is 0 Å². The minimum Gasteiger partial charge on any atom is -0.316 e. The molecule has 0 aliphatic heterocycles.